The van der Waals surface area contributed by atoms with Crippen LogP contribution in [0.5, 0.6) is 5.75 Å². The fourth-order valence-electron chi connectivity index (χ4n) is 2.39. The molecule has 136 valence electrons. The second kappa shape index (κ2) is 8.70. The third-order valence-electron chi connectivity index (χ3n) is 3.67. The predicted octanol–water partition coefficient (Wildman–Crippen LogP) is 5.11. The van der Waals surface area contributed by atoms with Crippen molar-refractivity contribution in [3.05, 3.63) is 85.0 Å². The summed E-state index contributed by atoms with van der Waals surface area (Å²) >= 11 is 4.31. The Balaban J connectivity index is 1.81. The van der Waals surface area contributed by atoms with Gasteiger partial charge < -0.3 is 15.7 Å². The van der Waals surface area contributed by atoms with Crippen LogP contribution in [0.4, 0.5) is 11.4 Å². The molecule has 0 fully saturated rings. The summed E-state index contributed by atoms with van der Waals surface area (Å²) in [7, 11) is 0. The number of phenols is 1. The fourth-order valence-corrected chi connectivity index (χ4v) is 3.48. The molecule has 0 aliphatic carbocycles. The van der Waals surface area contributed by atoms with E-state index in [9.17, 15) is 14.7 Å². The Kier molecular flexibility index (Phi) is 6.32. The van der Waals surface area contributed by atoms with Crippen molar-refractivity contribution < 1.29 is 14.7 Å². The van der Waals surface area contributed by atoms with Crippen LogP contribution >= 0.6 is 45.2 Å². The number of aromatic hydroxyl groups is 1. The standard InChI is InChI=1S/C20H14I2N2O3/c21-13-3-1-5-15(10-13)23-19(26)12-7-8-18(25)17(9-12)20(27)24-16-6-2-4-14(22)11-16/h1-11,25H,(H,23,26)(H,24,27). The highest BCUT2D eigenvalue weighted by Crippen LogP contribution is 2.22. The summed E-state index contributed by atoms with van der Waals surface area (Å²) in [6, 6.07) is 18.9. The second-order valence-corrected chi connectivity index (χ2v) is 8.15. The normalized spacial score (nSPS) is 10.3. The van der Waals surface area contributed by atoms with Gasteiger partial charge in [0, 0.05) is 24.1 Å². The Morgan fingerprint density at radius 3 is 1.85 bits per heavy atom. The molecule has 0 aromatic heterocycles. The van der Waals surface area contributed by atoms with E-state index in [1.807, 2.05) is 36.4 Å². The topological polar surface area (TPSA) is 78.4 Å². The minimum Gasteiger partial charge on any atom is -0.507 e. The van der Waals surface area contributed by atoms with Crippen molar-refractivity contribution in [2.45, 2.75) is 0 Å². The molecule has 0 radical (unpaired) electrons. The van der Waals surface area contributed by atoms with Gasteiger partial charge in [-0.25, -0.2) is 0 Å². The van der Waals surface area contributed by atoms with Gasteiger partial charge in [0.05, 0.1) is 5.56 Å². The Hall–Kier alpha value is -2.14. The molecule has 0 unspecified atom stereocenters. The number of carbonyl (C=O) groups is 2. The van der Waals surface area contributed by atoms with E-state index in [0.29, 0.717) is 11.4 Å². The summed E-state index contributed by atoms with van der Waals surface area (Å²) in [4.78, 5) is 25.0. The fraction of sp³-hybridized carbons (Fsp3) is 0. The summed E-state index contributed by atoms with van der Waals surface area (Å²) < 4.78 is 1.97. The van der Waals surface area contributed by atoms with E-state index in [2.05, 4.69) is 55.8 Å². The van der Waals surface area contributed by atoms with Gasteiger partial charge in [0.15, 0.2) is 0 Å². The van der Waals surface area contributed by atoms with Crippen molar-refractivity contribution >= 4 is 68.4 Å². The van der Waals surface area contributed by atoms with Gasteiger partial charge in [0.1, 0.15) is 5.75 Å². The molecule has 0 bridgehead atoms. The SMILES string of the molecule is O=C(Nc1cccc(I)c1)c1ccc(O)c(C(=O)Nc2cccc(I)c2)c1. The Morgan fingerprint density at radius 1 is 0.741 bits per heavy atom. The third kappa shape index (κ3) is 5.19. The maximum absolute atomic E-state index is 12.5. The number of anilines is 2. The summed E-state index contributed by atoms with van der Waals surface area (Å²) in [5.74, 6) is -1.04. The first-order valence-corrected chi connectivity index (χ1v) is 10.0. The van der Waals surface area contributed by atoms with Gasteiger partial charge >= 0.3 is 0 Å². The molecule has 3 aromatic rings. The average Bonchev–Trinajstić information content (AvgIpc) is 2.62. The van der Waals surface area contributed by atoms with Gasteiger partial charge in [0.25, 0.3) is 11.8 Å². The number of benzene rings is 3. The van der Waals surface area contributed by atoms with Gasteiger partial charge in [0.2, 0.25) is 0 Å². The number of hydrogen-bond acceptors (Lipinski definition) is 3. The molecule has 0 spiro atoms. The lowest BCUT2D eigenvalue weighted by molar-refractivity contribution is 0.102. The molecular weight excluding hydrogens is 570 g/mol. The van der Waals surface area contributed by atoms with Gasteiger partial charge in [-0.3, -0.25) is 9.59 Å². The minimum absolute atomic E-state index is 0.0316. The molecule has 0 aliphatic rings. The maximum Gasteiger partial charge on any atom is 0.259 e. The first-order valence-electron chi connectivity index (χ1n) is 7.89. The molecule has 27 heavy (non-hydrogen) atoms. The molecule has 2 amide bonds. The van der Waals surface area contributed by atoms with E-state index in [-0.39, 0.29) is 22.8 Å². The van der Waals surface area contributed by atoms with Crippen molar-refractivity contribution in [1.82, 2.24) is 0 Å². The number of halogens is 2. The minimum atomic E-state index is -0.488. The van der Waals surface area contributed by atoms with Crippen molar-refractivity contribution in [2.75, 3.05) is 10.6 Å². The van der Waals surface area contributed by atoms with Crippen LogP contribution in [0.15, 0.2) is 66.7 Å². The highest BCUT2D eigenvalue weighted by Gasteiger charge is 2.16. The second-order valence-electron chi connectivity index (χ2n) is 5.66. The summed E-state index contributed by atoms with van der Waals surface area (Å²) in [6.07, 6.45) is 0. The monoisotopic (exact) mass is 584 g/mol. The quantitative estimate of drug-likeness (QED) is 0.374. The zero-order chi connectivity index (χ0) is 19.4. The lowest BCUT2D eigenvalue weighted by Crippen LogP contribution is -2.16. The summed E-state index contributed by atoms with van der Waals surface area (Å²) in [5, 5.41) is 15.6. The predicted molar refractivity (Wildman–Crippen MR) is 122 cm³/mol. The maximum atomic E-state index is 12.5. The van der Waals surface area contributed by atoms with Crippen LogP contribution < -0.4 is 10.6 Å². The van der Waals surface area contributed by atoms with Crippen molar-refractivity contribution in [3.8, 4) is 5.75 Å². The Bertz CT molecular complexity index is 1020. The number of phenolic OH excluding ortho intramolecular Hbond substituents is 1. The van der Waals surface area contributed by atoms with Crippen LogP contribution in [-0.2, 0) is 0 Å². The first-order chi connectivity index (χ1) is 12.9. The molecule has 0 saturated carbocycles. The van der Waals surface area contributed by atoms with Gasteiger partial charge in [-0.15, -0.1) is 0 Å². The van der Waals surface area contributed by atoms with Crippen LogP contribution in [0.3, 0.4) is 0 Å². The highest BCUT2D eigenvalue weighted by atomic mass is 127. The molecule has 7 heteroatoms. The molecule has 5 nitrogen and oxygen atoms in total. The number of nitrogens with one attached hydrogen (secondary N) is 2. The van der Waals surface area contributed by atoms with Crippen molar-refractivity contribution in [2.24, 2.45) is 0 Å². The van der Waals surface area contributed by atoms with E-state index in [1.54, 1.807) is 12.1 Å². The molecule has 0 saturated heterocycles. The van der Waals surface area contributed by atoms with Gasteiger partial charge in [-0.2, -0.15) is 0 Å². The molecule has 3 N–H and O–H groups in total. The van der Waals surface area contributed by atoms with Crippen LogP contribution in [0, 0.1) is 7.14 Å². The van der Waals surface area contributed by atoms with Crippen LogP contribution in [-0.4, -0.2) is 16.9 Å². The highest BCUT2D eigenvalue weighted by molar-refractivity contribution is 14.1. The molecule has 0 aliphatic heterocycles. The number of rotatable bonds is 4. The zero-order valence-electron chi connectivity index (χ0n) is 13.9. The first kappa shape index (κ1) is 19.6. The van der Waals surface area contributed by atoms with E-state index in [0.717, 1.165) is 7.14 Å². The zero-order valence-corrected chi connectivity index (χ0v) is 18.2. The Labute approximate surface area is 183 Å². The van der Waals surface area contributed by atoms with E-state index in [4.69, 9.17) is 0 Å². The number of carbonyl (C=O) groups excluding carboxylic acids is 2. The average molecular weight is 584 g/mol. The van der Waals surface area contributed by atoms with Crippen molar-refractivity contribution in [1.29, 1.82) is 0 Å². The van der Waals surface area contributed by atoms with Crippen LogP contribution in [0.2, 0.25) is 0 Å². The van der Waals surface area contributed by atoms with Crippen LogP contribution in [0.25, 0.3) is 0 Å². The lowest BCUT2D eigenvalue weighted by Gasteiger charge is -2.10. The summed E-state index contributed by atoms with van der Waals surface area (Å²) in [6.45, 7) is 0. The van der Waals surface area contributed by atoms with Gasteiger partial charge in [-0.05, 0) is 99.8 Å². The smallest absolute Gasteiger partial charge is 0.259 e. The van der Waals surface area contributed by atoms with Crippen LogP contribution in [0.1, 0.15) is 20.7 Å². The van der Waals surface area contributed by atoms with E-state index >= 15 is 0 Å². The van der Waals surface area contributed by atoms with E-state index < -0.39 is 5.91 Å². The number of amides is 2. The third-order valence-corrected chi connectivity index (χ3v) is 5.01. The van der Waals surface area contributed by atoms with Crippen molar-refractivity contribution in [3.63, 3.8) is 0 Å². The molecule has 3 aromatic carbocycles. The summed E-state index contributed by atoms with van der Waals surface area (Å²) in [5.41, 5.74) is 1.58. The molecule has 0 atom stereocenters. The molecule has 0 heterocycles. The lowest BCUT2D eigenvalue weighted by atomic mass is 10.1. The largest absolute Gasteiger partial charge is 0.507 e. The van der Waals surface area contributed by atoms with Gasteiger partial charge in [-0.1, -0.05) is 12.1 Å². The molecular formula is C20H14I2N2O3. The number of hydrogen-bond donors (Lipinski definition) is 3. The van der Waals surface area contributed by atoms with E-state index in [1.165, 1.54) is 18.2 Å². The molecule has 3 rings (SSSR count). The Morgan fingerprint density at radius 2 is 1.30 bits per heavy atom.